The molecule has 10 atom stereocenters. The lowest BCUT2D eigenvalue weighted by Crippen LogP contribution is -2.81. The molecule has 6 aliphatic rings. The minimum Gasteiger partial charge on any atom is -0.633 e. The normalized spacial score (nSPS) is 38.8. The molecule has 1 aromatic heterocycles. The molecule has 2 aromatic carbocycles. The summed E-state index contributed by atoms with van der Waals surface area (Å²) < 4.78 is 47.6. The van der Waals surface area contributed by atoms with Gasteiger partial charge in [-0.2, -0.15) is 0 Å². The van der Waals surface area contributed by atoms with Gasteiger partial charge in [0.25, 0.3) is 0 Å². The van der Waals surface area contributed by atoms with Crippen LogP contribution in [0.15, 0.2) is 48.6 Å². The second-order valence-electron chi connectivity index (χ2n) is 18.5. The van der Waals surface area contributed by atoms with E-state index in [9.17, 15) is 25.0 Å². The van der Waals surface area contributed by atoms with E-state index in [1.807, 2.05) is 61.2 Å². The van der Waals surface area contributed by atoms with Gasteiger partial charge in [-0.15, -0.1) is 0 Å². The molecule has 14 nitrogen and oxygen atoms in total. The van der Waals surface area contributed by atoms with Crippen molar-refractivity contribution in [3.05, 3.63) is 76.1 Å². The first-order valence-corrected chi connectivity index (χ1v) is 21.2. The van der Waals surface area contributed by atoms with E-state index in [1.165, 1.54) is 21.1 Å². The van der Waals surface area contributed by atoms with Gasteiger partial charge in [0.15, 0.2) is 6.10 Å². The largest absolute Gasteiger partial charge is 0.633 e. The van der Waals surface area contributed by atoms with Crippen LogP contribution in [0.4, 0.5) is 5.69 Å². The van der Waals surface area contributed by atoms with Crippen molar-refractivity contribution >= 4 is 34.5 Å². The van der Waals surface area contributed by atoms with Crippen LogP contribution in [0.3, 0.4) is 0 Å². The average molecular weight is 830 g/mol. The number of para-hydroxylation sites is 1. The van der Waals surface area contributed by atoms with Crippen molar-refractivity contribution in [2.45, 2.75) is 99.5 Å². The number of anilines is 1. The average Bonchev–Trinajstić information content (AvgIpc) is 3.89. The van der Waals surface area contributed by atoms with Gasteiger partial charge in [0.1, 0.15) is 23.3 Å². The summed E-state index contributed by atoms with van der Waals surface area (Å²) in [5.74, 6) is -3.12. The van der Waals surface area contributed by atoms with Crippen LogP contribution in [0.2, 0.25) is 0 Å². The number of hydroxylamine groups is 3. The first kappa shape index (κ1) is 37.3. The number of aromatic amines is 1. The van der Waals surface area contributed by atoms with Gasteiger partial charge in [0.2, 0.25) is 5.60 Å². The molecule has 0 amide bonds. The fraction of sp³-hybridized carbons (Fsp3) is 0.587. The number of fused-ring (bicyclic) bond motifs is 6. The minimum absolute atomic E-state index is 0.0221. The van der Waals surface area contributed by atoms with Gasteiger partial charge in [-0.25, -0.2) is 4.79 Å². The lowest BCUT2D eigenvalue weighted by molar-refractivity contribution is -0.896. The number of nitrogens with one attached hydrogen (secondary N) is 1. The number of hydrogen-bond donors (Lipinski definition) is 3. The molecule has 2 bridgehead atoms. The highest BCUT2D eigenvalue weighted by Crippen LogP contribution is 2.68. The summed E-state index contributed by atoms with van der Waals surface area (Å²) in [5.41, 5.74) is -4.70. The third-order valence-corrected chi connectivity index (χ3v) is 15.7. The molecule has 0 unspecified atom stereocenters. The summed E-state index contributed by atoms with van der Waals surface area (Å²) in [6.45, 7) is 6.28. The molecule has 2 saturated heterocycles. The zero-order valence-corrected chi connectivity index (χ0v) is 35.2. The van der Waals surface area contributed by atoms with Crippen LogP contribution in [-0.2, 0) is 45.8 Å². The van der Waals surface area contributed by atoms with Gasteiger partial charge in [0.05, 0.1) is 44.5 Å². The Hall–Kier alpha value is -4.47. The molecule has 6 heterocycles. The number of quaternary nitrogens is 1. The Balaban J connectivity index is 1.39. The number of methoxy groups -OCH3 is 3. The fourth-order valence-corrected chi connectivity index (χ4v) is 13.7. The molecule has 9 rings (SSSR count). The van der Waals surface area contributed by atoms with Crippen molar-refractivity contribution in [2.24, 2.45) is 11.3 Å². The maximum absolute atomic E-state index is 15.6. The van der Waals surface area contributed by atoms with Crippen molar-refractivity contribution in [3.8, 4) is 5.75 Å². The van der Waals surface area contributed by atoms with E-state index in [4.69, 9.17) is 23.1 Å². The number of carbonyl (C=O) groups excluding carboxylic acids is 3. The maximum atomic E-state index is 15.6. The third kappa shape index (κ3) is 5.20. The van der Waals surface area contributed by atoms with Crippen LogP contribution in [0.1, 0.15) is 79.4 Å². The minimum atomic E-state index is -3.18. The number of piperidine rings is 1. The van der Waals surface area contributed by atoms with Crippen molar-refractivity contribution < 1.29 is 52.3 Å². The Morgan fingerprint density at radius 1 is 1.05 bits per heavy atom. The van der Waals surface area contributed by atoms with Crippen LogP contribution >= 0.6 is 0 Å². The molecule has 14 heteroatoms. The zero-order chi connectivity index (χ0) is 45.3. The predicted molar refractivity (Wildman–Crippen MR) is 222 cm³/mol. The maximum Gasteiger partial charge on any atom is 0.344 e. The third-order valence-electron chi connectivity index (χ3n) is 15.7. The summed E-state index contributed by atoms with van der Waals surface area (Å²) in [5, 5.41) is 41.0. The number of benzene rings is 2. The van der Waals surface area contributed by atoms with Gasteiger partial charge in [-0.3, -0.25) is 14.5 Å². The second kappa shape index (κ2) is 13.8. The van der Waals surface area contributed by atoms with Crippen molar-refractivity contribution in [1.29, 1.82) is 0 Å². The van der Waals surface area contributed by atoms with Gasteiger partial charge in [0, 0.05) is 83.6 Å². The highest BCUT2D eigenvalue weighted by molar-refractivity contribution is 5.95. The van der Waals surface area contributed by atoms with Gasteiger partial charge in [-0.1, -0.05) is 44.2 Å². The number of nitrogens with zero attached hydrogens (tertiary/aromatic N) is 3. The quantitative estimate of drug-likeness (QED) is 0.103. The molecule has 322 valence electrons. The van der Waals surface area contributed by atoms with E-state index < -0.39 is 81.1 Å². The van der Waals surface area contributed by atoms with Crippen LogP contribution in [0, 0.1) is 16.5 Å². The summed E-state index contributed by atoms with van der Waals surface area (Å²) in [6.07, 6.45) is 3.95. The smallest absolute Gasteiger partial charge is 0.344 e. The number of esters is 3. The summed E-state index contributed by atoms with van der Waals surface area (Å²) in [7, 11) is 1.24. The second-order valence-corrected chi connectivity index (χ2v) is 18.5. The number of likely N-dealkylation sites (N-methyl/N-ethyl adjacent to an activating group) is 1. The topological polar surface area (TPSA) is 174 Å². The van der Waals surface area contributed by atoms with Gasteiger partial charge >= 0.3 is 17.9 Å². The molecular formula is C46H58N4O10. The number of carbonyl (C=O) groups is 3. The first-order valence-electron chi connectivity index (χ1n) is 22.7. The van der Waals surface area contributed by atoms with Crippen LogP contribution < -0.4 is 9.64 Å². The molecule has 0 radical (unpaired) electrons. The summed E-state index contributed by atoms with van der Waals surface area (Å²) in [6, 6.07) is 9.62. The van der Waals surface area contributed by atoms with E-state index in [2.05, 4.69) is 9.88 Å². The van der Waals surface area contributed by atoms with Crippen LogP contribution in [0.5, 0.6) is 5.75 Å². The Kier molecular flexibility index (Phi) is 8.56. The van der Waals surface area contributed by atoms with E-state index in [0.717, 1.165) is 5.39 Å². The lowest BCUT2D eigenvalue weighted by Gasteiger charge is -2.63. The molecule has 60 heavy (non-hydrogen) atoms. The Labute approximate surface area is 354 Å². The number of aromatic nitrogens is 1. The highest BCUT2D eigenvalue weighted by Gasteiger charge is 2.80. The molecular weight excluding hydrogens is 769 g/mol. The fourth-order valence-electron chi connectivity index (χ4n) is 13.7. The molecule has 5 aliphatic heterocycles. The molecule has 1 saturated carbocycles. The van der Waals surface area contributed by atoms with Crippen LogP contribution in [-0.4, -0.2) is 133 Å². The SMILES string of the molecule is [2H]C([2H])([2H])OC(=O)[C@]1(c2cc3c(cc2OC)N(C)[C@H]2[C@@](O)(C(=O)OC)[C@H](OC(C)=O)[C@]4(CC)C=CCN5CC[C@]32[C@@H]54)C[C@H]2C[C@@](O)(CC)C[N@+]([O-])(CCc3c1[nH]c1ccccc31)C2. The van der Waals surface area contributed by atoms with Crippen molar-refractivity contribution in [2.75, 3.05) is 65.9 Å². The van der Waals surface area contributed by atoms with E-state index in [-0.39, 0.29) is 50.2 Å². The van der Waals surface area contributed by atoms with Gasteiger partial charge < -0.3 is 48.9 Å². The highest BCUT2D eigenvalue weighted by atomic mass is 16.6. The number of hydrogen-bond acceptors (Lipinski definition) is 12. The van der Waals surface area contributed by atoms with Crippen molar-refractivity contribution in [3.63, 3.8) is 0 Å². The van der Waals surface area contributed by atoms with E-state index in [1.54, 1.807) is 13.1 Å². The Morgan fingerprint density at radius 3 is 2.53 bits per heavy atom. The number of aliphatic hydroxyl groups is 2. The summed E-state index contributed by atoms with van der Waals surface area (Å²) >= 11 is 0. The Morgan fingerprint density at radius 2 is 1.83 bits per heavy atom. The predicted octanol–water partition coefficient (Wildman–Crippen LogP) is 4.00. The lowest BCUT2D eigenvalue weighted by atomic mass is 9.47. The molecule has 3 fully saturated rings. The van der Waals surface area contributed by atoms with Crippen molar-refractivity contribution in [1.82, 2.24) is 9.88 Å². The number of H-pyrrole nitrogens is 1. The standard InChI is InChI=1S/C46H58N4O10/c1-8-42(54)23-28-24-45(40(52)58-6,36-30(15-20-50(56,25-28)26-42)29-13-10-11-14-33(29)47-36)32-21-31-34(22-35(32)57-5)48(4)38-44(31)17-19-49-18-12-16-43(9-2,37(44)49)39(60-27(3)51)46(38,55)41(53)59-7/h10-14,16,21-22,28,37-39,47,54-55H,8-9,15,17-20,23-26H2,1-7H3/t28-,37+,38-,39-,42+,43-,44-,45+,46+,50+/m1/s1/i6D3. The monoisotopic (exact) mass is 829 g/mol. The van der Waals surface area contributed by atoms with Crippen LogP contribution in [0.25, 0.3) is 10.9 Å². The molecule has 3 aromatic rings. The molecule has 1 spiro atoms. The Bertz CT molecular complexity index is 2430. The summed E-state index contributed by atoms with van der Waals surface area (Å²) in [4.78, 5) is 50.8. The molecule has 3 N–H and O–H groups in total. The first-order chi connectivity index (χ1) is 29.7. The molecule has 1 aliphatic carbocycles. The number of rotatable bonds is 7. The number of ether oxygens (including phenoxy) is 4. The van der Waals surface area contributed by atoms with E-state index in [0.29, 0.717) is 60.4 Å². The van der Waals surface area contributed by atoms with E-state index >= 15 is 4.79 Å². The zero-order valence-electron chi connectivity index (χ0n) is 38.2. The van der Waals surface area contributed by atoms with Gasteiger partial charge in [-0.05, 0) is 61.9 Å².